The van der Waals surface area contributed by atoms with Crippen molar-refractivity contribution in [3.8, 4) is 0 Å². The van der Waals surface area contributed by atoms with E-state index < -0.39 is 37.0 Å². The van der Waals surface area contributed by atoms with E-state index in [9.17, 15) is 4.79 Å². The summed E-state index contributed by atoms with van der Waals surface area (Å²) < 4.78 is 0. The van der Waals surface area contributed by atoms with E-state index in [2.05, 4.69) is 4.89 Å². The van der Waals surface area contributed by atoms with Crippen LogP contribution in [0.5, 0.6) is 0 Å². The highest BCUT2D eigenvalue weighted by molar-refractivity contribution is 5.76. The minimum Gasteiger partial charge on any atom is -0.394 e. The second-order valence-electron chi connectivity index (χ2n) is 2.59. The third kappa shape index (κ3) is 6.31. The Bertz CT molecular complexity index is 193. The summed E-state index contributed by atoms with van der Waals surface area (Å²) in [4.78, 5) is 13.5. The van der Waals surface area contributed by atoms with E-state index in [1.54, 1.807) is 0 Å². The van der Waals surface area contributed by atoms with Gasteiger partial charge in [-0.1, -0.05) is 0 Å². The summed E-state index contributed by atoms with van der Waals surface area (Å²) in [6.07, 6.45) is -7.94. The summed E-state index contributed by atoms with van der Waals surface area (Å²) >= 11 is 0. The van der Waals surface area contributed by atoms with Crippen molar-refractivity contribution in [1.82, 2.24) is 0 Å². The molecule has 0 heterocycles. The van der Waals surface area contributed by atoms with Crippen molar-refractivity contribution in [1.29, 1.82) is 0 Å². The van der Waals surface area contributed by atoms with Crippen LogP contribution in [0.2, 0.25) is 0 Å². The summed E-state index contributed by atoms with van der Waals surface area (Å²) in [6, 6.07) is 0. The molecule has 10 heteroatoms. The molecule has 0 saturated carbocycles. The quantitative estimate of drug-likeness (QED) is 0.164. The van der Waals surface area contributed by atoms with Gasteiger partial charge in [-0.25, -0.2) is 4.79 Å². The third-order valence-electron chi connectivity index (χ3n) is 1.59. The van der Waals surface area contributed by atoms with Crippen LogP contribution in [0.15, 0.2) is 0 Å². The minimum absolute atomic E-state index is 0. The van der Waals surface area contributed by atoms with Crippen LogP contribution in [0.25, 0.3) is 0 Å². The molecule has 0 aromatic carbocycles. The van der Waals surface area contributed by atoms with Gasteiger partial charge in [0.2, 0.25) is 0 Å². The van der Waals surface area contributed by atoms with Crippen molar-refractivity contribution in [2.24, 2.45) is 0 Å². The van der Waals surface area contributed by atoms with Gasteiger partial charge in [0.1, 0.15) is 18.3 Å². The first-order valence-electron chi connectivity index (χ1n) is 3.64. The Labute approximate surface area is 118 Å². The monoisotopic (exact) mass is 268 g/mol. The van der Waals surface area contributed by atoms with Crippen LogP contribution in [0, 0.1) is 0 Å². The average Bonchev–Trinajstić information content (AvgIpc) is 2.23. The van der Waals surface area contributed by atoms with Gasteiger partial charge < -0.3 is 25.5 Å². The smallest absolute Gasteiger partial charge is 0.373 e. The predicted molar refractivity (Wildman–Crippen MR) is 58.3 cm³/mol. The number of carbonyl (C=O) groups excluding carboxylic acids is 1. The SMILES string of the molecule is O=C(OO)[C@H](O)[C@@H](O)[C@H](O)[C@H](O)CO.[AlH3].[MgH2]. The molecule has 0 aromatic heterocycles. The molecule has 0 aromatic rings. The second-order valence-corrected chi connectivity index (χ2v) is 2.59. The van der Waals surface area contributed by atoms with Crippen molar-refractivity contribution in [2.75, 3.05) is 6.61 Å². The molecule has 0 aliphatic heterocycles. The zero-order valence-electron chi connectivity index (χ0n) is 7.02. The van der Waals surface area contributed by atoms with Crippen molar-refractivity contribution < 1.29 is 40.5 Å². The Balaban J connectivity index is -0.000000845. The minimum atomic E-state index is -2.21. The van der Waals surface area contributed by atoms with Gasteiger partial charge in [0.05, 0.1) is 6.61 Å². The molecular formula is C6H17AlMgO8. The van der Waals surface area contributed by atoms with E-state index in [0.29, 0.717) is 0 Å². The highest BCUT2D eigenvalue weighted by Crippen LogP contribution is 2.05. The fourth-order valence-electron chi connectivity index (χ4n) is 0.716. The highest BCUT2D eigenvalue weighted by Gasteiger charge is 2.35. The Kier molecular flexibility index (Phi) is 14.5. The molecule has 4 atom stereocenters. The van der Waals surface area contributed by atoms with Crippen molar-refractivity contribution >= 4 is 46.4 Å². The van der Waals surface area contributed by atoms with E-state index in [1.807, 2.05) is 0 Å². The Morgan fingerprint density at radius 3 is 1.88 bits per heavy atom. The Morgan fingerprint density at radius 1 is 1.12 bits per heavy atom. The molecule has 0 unspecified atom stereocenters. The maximum atomic E-state index is 10.4. The van der Waals surface area contributed by atoms with E-state index in [1.165, 1.54) is 0 Å². The number of aliphatic hydroxyl groups is 5. The van der Waals surface area contributed by atoms with E-state index in [4.69, 9.17) is 30.8 Å². The highest BCUT2D eigenvalue weighted by atomic mass is 27.0. The lowest BCUT2D eigenvalue weighted by atomic mass is 10.0. The lowest BCUT2D eigenvalue weighted by molar-refractivity contribution is -0.249. The summed E-state index contributed by atoms with van der Waals surface area (Å²) in [7, 11) is 0. The van der Waals surface area contributed by atoms with Crippen molar-refractivity contribution in [2.45, 2.75) is 24.4 Å². The maximum Gasteiger partial charge on any atom is 0.373 e. The number of hydrogen-bond acceptors (Lipinski definition) is 8. The molecule has 0 spiro atoms. The molecule has 94 valence electrons. The third-order valence-corrected chi connectivity index (χ3v) is 1.59. The maximum absolute atomic E-state index is 10.4. The number of rotatable bonds is 5. The summed E-state index contributed by atoms with van der Waals surface area (Å²) in [5, 5.41) is 51.9. The van der Waals surface area contributed by atoms with E-state index in [0.717, 1.165) is 0 Å². The van der Waals surface area contributed by atoms with Crippen LogP contribution in [0.1, 0.15) is 0 Å². The van der Waals surface area contributed by atoms with Crippen molar-refractivity contribution in [3.63, 3.8) is 0 Å². The second kappa shape index (κ2) is 10.7. The van der Waals surface area contributed by atoms with E-state index in [-0.39, 0.29) is 40.4 Å². The number of hydrogen-bond donors (Lipinski definition) is 6. The summed E-state index contributed by atoms with van der Waals surface area (Å²) in [6.45, 7) is -0.862. The normalized spacial score (nSPS) is 17.1. The van der Waals surface area contributed by atoms with Gasteiger partial charge in [-0.3, -0.25) is 4.89 Å². The summed E-state index contributed by atoms with van der Waals surface area (Å²) in [5.74, 6) is -1.58. The fourth-order valence-corrected chi connectivity index (χ4v) is 0.716. The van der Waals surface area contributed by atoms with Crippen LogP contribution in [0.4, 0.5) is 0 Å². The van der Waals surface area contributed by atoms with Crippen LogP contribution >= 0.6 is 0 Å². The van der Waals surface area contributed by atoms with Crippen LogP contribution in [0.3, 0.4) is 0 Å². The molecule has 16 heavy (non-hydrogen) atoms. The average molecular weight is 268 g/mol. The number of carbonyl (C=O) groups is 1. The fraction of sp³-hybridized carbons (Fsp3) is 0.833. The van der Waals surface area contributed by atoms with Crippen LogP contribution in [-0.4, -0.2) is 108 Å². The lowest BCUT2D eigenvalue weighted by Crippen LogP contribution is -2.48. The first-order valence-corrected chi connectivity index (χ1v) is 3.64. The molecule has 0 amide bonds. The van der Waals surface area contributed by atoms with Crippen LogP contribution in [-0.2, 0) is 9.68 Å². The van der Waals surface area contributed by atoms with Gasteiger partial charge in [0.15, 0.2) is 23.5 Å². The first kappa shape index (κ1) is 21.8. The van der Waals surface area contributed by atoms with Gasteiger partial charge in [-0.05, 0) is 0 Å². The van der Waals surface area contributed by atoms with Crippen molar-refractivity contribution in [3.05, 3.63) is 0 Å². The molecule has 0 bridgehead atoms. The molecule has 8 nitrogen and oxygen atoms in total. The van der Waals surface area contributed by atoms with Gasteiger partial charge >= 0.3 is 29.0 Å². The molecule has 0 aliphatic rings. The topological polar surface area (TPSA) is 148 Å². The Hall–Kier alpha value is 0.529. The molecule has 0 aliphatic carbocycles. The molecule has 6 N–H and O–H groups in total. The standard InChI is InChI=1S/C6H12O8.Al.Mg.5H/c7-1-2(8)3(9)4(10)5(11)6(12)14-13;;;;;;;/h2-5,7-11,13H,1H2;;;;;;;/t2-,3-,4+,5-;;;;;;;/m1......./s1. The van der Waals surface area contributed by atoms with Crippen LogP contribution < -0.4 is 0 Å². The predicted octanol–water partition coefficient (Wildman–Crippen LogP) is -5.66. The number of aliphatic hydroxyl groups excluding tert-OH is 5. The molecular weight excluding hydrogens is 251 g/mol. The zero-order valence-corrected chi connectivity index (χ0v) is 7.02. The van der Waals surface area contributed by atoms with E-state index >= 15 is 0 Å². The molecule has 0 saturated heterocycles. The van der Waals surface area contributed by atoms with Gasteiger partial charge in [0.25, 0.3) is 0 Å². The first-order chi connectivity index (χ1) is 6.45. The van der Waals surface area contributed by atoms with Gasteiger partial charge in [-0.15, -0.1) is 0 Å². The van der Waals surface area contributed by atoms with Gasteiger partial charge in [0, 0.05) is 0 Å². The molecule has 0 radical (unpaired) electrons. The summed E-state index contributed by atoms with van der Waals surface area (Å²) in [5.41, 5.74) is 0. The Morgan fingerprint density at radius 2 is 1.56 bits per heavy atom. The lowest BCUT2D eigenvalue weighted by Gasteiger charge is -2.23. The van der Waals surface area contributed by atoms with Gasteiger partial charge in [-0.2, -0.15) is 5.26 Å². The zero-order chi connectivity index (χ0) is 11.3. The molecule has 0 rings (SSSR count). The largest absolute Gasteiger partial charge is 0.394 e. The molecule has 0 fully saturated rings.